The SMILES string of the molecule is O=C(COC(=O)c1c2c(nc3ccccc13)/C(=C/c1ccc(F)cc1)CCC2)NC1CC1. The molecule has 0 radical (unpaired) electrons. The van der Waals surface area contributed by atoms with Crippen molar-refractivity contribution in [3.8, 4) is 0 Å². The predicted octanol–water partition coefficient (Wildman–Crippen LogP) is 4.69. The van der Waals surface area contributed by atoms with Crippen LogP contribution in [0.5, 0.6) is 0 Å². The molecule has 1 N–H and O–H groups in total. The first-order chi connectivity index (χ1) is 15.6. The molecule has 5 nitrogen and oxygen atoms in total. The lowest BCUT2D eigenvalue weighted by molar-refractivity contribution is -0.124. The zero-order chi connectivity index (χ0) is 22.1. The highest BCUT2D eigenvalue weighted by molar-refractivity contribution is 6.07. The Morgan fingerprint density at radius 1 is 1.09 bits per heavy atom. The number of rotatable bonds is 5. The van der Waals surface area contributed by atoms with Crippen molar-refractivity contribution in [2.75, 3.05) is 6.61 Å². The number of pyridine rings is 1. The largest absolute Gasteiger partial charge is 0.452 e. The van der Waals surface area contributed by atoms with E-state index in [1.807, 2.05) is 30.3 Å². The molecule has 2 aromatic carbocycles. The Balaban J connectivity index is 1.53. The number of halogens is 1. The van der Waals surface area contributed by atoms with Crippen LogP contribution in [-0.2, 0) is 16.0 Å². The van der Waals surface area contributed by atoms with Crippen molar-refractivity contribution in [1.82, 2.24) is 10.3 Å². The Morgan fingerprint density at radius 3 is 2.66 bits per heavy atom. The lowest BCUT2D eigenvalue weighted by Crippen LogP contribution is -2.30. The Morgan fingerprint density at radius 2 is 1.88 bits per heavy atom. The van der Waals surface area contributed by atoms with Gasteiger partial charge in [-0.2, -0.15) is 0 Å². The van der Waals surface area contributed by atoms with Crippen LogP contribution >= 0.6 is 0 Å². The van der Waals surface area contributed by atoms with Crippen LogP contribution in [0.1, 0.15) is 52.9 Å². The maximum Gasteiger partial charge on any atom is 0.339 e. The highest BCUT2D eigenvalue weighted by Crippen LogP contribution is 2.36. The van der Waals surface area contributed by atoms with Crippen molar-refractivity contribution in [2.24, 2.45) is 0 Å². The van der Waals surface area contributed by atoms with Crippen LogP contribution < -0.4 is 5.32 Å². The molecule has 32 heavy (non-hydrogen) atoms. The van der Waals surface area contributed by atoms with E-state index in [0.717, 1.165) is 53.5 Å². The standard InChI is InChI=1S/C26H23FN2O3/c27-18-10-8-16(9-11-18)14-17-4-3-6-21-24(20-5-1-2-7-22(20)29-25(17)21)26(31)32-15-23(30)28-19-12-13-19/h1-2,5,7-11,14,19H,3-4,6,12-13,15H2,(H,28,30)/b17-14+. The third-order valence-corrected chi connectivity index (χ3v) is 5.86. The van der Waals surface area contributed by atoms with E-state index in [-0.39, 0.29) is 24.4 Å². The summed E-state index contributed by atoms with van der Waals surface area (Å²) in [6.45, 7) is -0.293. The number of benzene rings is 2. The molecule has 2 aliphatic carbocycles. The van der Waals surface area contributed by atoms with Gasteiger partial charge in [0, 0.05) is 11.4 Å². The summed E-state index contributed by atoms with van der Waals surface area (Å²) in [5.41, 5.74) is 4.68. The molecule has 3 aromatic rings. The number of nitrogens with zero attached hydrogens (tertiary/aromatic N) is 1. The average molecular weight is 430 g/mol. The molecule has 0 bridgehead atoms. The first kappa shape index (κ1) is 20.4. The van der Waals surface area contributed by atoms with E-state index in [0.29, 0.717) is 17.5 Å². The minimum Gasteiger partial charge on any atom is -0.452 e. The fourth-order valence-corrected chi connectivity index (χ4v) is 4.17. The topological polar surface area (TPSA) is 68.3 Å². The Kier molecular flexibility index (Phi) is 5.43. The molecule has 0 saturated heterocycles. The molecular weight excluding hydrogens is 407 g/mol. The van der Waals surface area contributed by atoms with Gasteiger partial charge in [0.15, 0.2) is 6.61 Å². The van der Waals surface area contributed by atoms with Gasteiger partial charge in [-0.25, -0.2) is 14.2 Å². The van der Waals surface area contributed by atoms with Crippen molar-refractivity contribution >= 4 is 34.4 Å². The van der Waals surface area contributed by atoms with E-state index in [2.05, 4.69) is 5.32 Å². The van der Waals surface area contributed by atoms with Crippen LogP contribution in [0.15, 0.2) is 48.5 Å². The average Bonchev–Trinajstić information content (AvgIpc) is 3.62. The van der Waals surface area contributed by atoms with Gasteiger partial charge in [-0.15, -0.1) is 0 Å². The van der Waals surface area contributed by atoms with Gasteiger partial charge in [0.05, 0.1) is 16.8 Å². The number of carbonyl (C=O) groups excluding carboxylic acids is 2. The Hall–Kier alpha value is -3.54. The van der Waals surface area contributed by atoms with Gasteiger partial charge in [0.2, 0.25) is 0 Å². The molecule has 0 unspecified atom stereocenters. The van der Waals surface area contributed by atoms with E-state index in [9.17, 15) is 14.0 Å². The second-order valence-corrected chi connectivity index (χ2v) is 8.32. The molecule has 0 atom stereocenters. The van der Waals surface area contributed by atoms with Crippen molar-refractivity contribution < 1.29 is 18.7 Å². The normalized spacial score (nSPS) is 16.6. The molecule has 2 aliphatic rings. The van der Waals surface area contributed by atoms with Gasteiger partial charge < -0.3 is 10.1 Å². The monoisotopic (exact) mass is 430 g/mol. The molecule has 162 valence electrons. The number of fused-ring (bicyclic) bond motifs is 2. The summed E-state index contributed by atoms with van der Waals surface area (Å²) in [5.74, 6) is -1.06. The summed E-state index contributed by atoms with van der Waals surface area (Å²) in [6.07, 6.45) is 6.33. The van der Waals surface area contributed by atoms with Crippen molar-refractivity contribution in [2.45, 2.75) is 38.1 Å². The van der Waals surface area contributed by atoms with Gasteiger partial charge in [0.25, 0.3) is 5.91 Å². The van der Waals surface area contributed by atoms with Crippen LogP contribution in [0.4, 0.5) is 4.39 Å². The number of nitrogens with one attached hydrogen (secondary N) is 1. The molecule has 1 saturated carbocycles. The summed E-state index contributed by atoms with van der Waals surface area (Å²) in [4.78, 5) is 30.0. The van der Waals surface area contributed by atoms with Crippen LogP contribution in [0, 0.1) is 5.82 Å². The summed E-state index contributed by atoms with van der Waals surface area (Å²) in [6, 6.07) is 14.0. The quantitative estimate of drug-likeness (QED) is 0.597. The lowest BCUT2D eigenvalue weighted by atomic mass is 9.86. The zero-order valence-corrected chi connectivity index (χ0v) is 17.6. The Labute approximate surface area is 185 Å². The minimum atomic E-state index is -0.506. The smallest absolute Gasteiger partial charge is 0.339 e. The molecule has 6 heteroatoms. The summed E-state index contributed by atoms with van der Waals surface area (Å²) >= 11 is 0. The van der Waals surface area contributed by atoms with Crippen molar-refractivity contribution in [3.05, 3.63) is 76.7 Å². The second-order valence-electron chi connectivity index (χ2n) is 8.32. The molecule has 1 aromatic heterocycles. The number of hydrogen-bond donors (Lipinski definition) is 1. The molecule has 1 heterocycles. The third kappa shape index (κ3) is 4.26. The number of amides is 1. The van der Waals surface area contributed by atoms with Crippen LogP contribution in [-0.4, -0.2) is 29.5 Å². The fraction of sp³-hybridized carbons (Fsp3) is 0.269. The predicted molar refractivity (Wildman–Crippen MR) is 120 cm³/mol. The van der Waals surface area contributed by atoms with Crippen LogP contribution in [0.25, 0.3) is 22.6 Å². The first-order valence-electron chi connectivity index (χ1n) is 10.9. The number of carbonyl (C=O) groups is 2. The van der Waals surface area contributed by atoms with E-state index in [1.165, 1.54) is 12.1 Å². The van der Waals surface area contributed by atoms with Crippen LogP contribution in [0.3, 0.4) is 0 Å². The Bertz CT molecular complexity index is 1230. The molecule has 5 rings (SSSR count). The van der Waals surface area contributed by atoms with Gasteiger partial charge in [-0.3, -0.25) is 4.79 Å². The first-order valence-corrected chi connectivity index (χ1v) is 10.9. The van der Waals surface area contributed by atoms with Gasteiger partial charge in [-0.05, 0) is 73.1 Å². The molecule has 1 amide bonds. The van der Waals surface area contributed by atoms with E-state index < -0.39 is 5.97 Å². The maximum atomic E-state index is 13.3. The van der Waals surface area contributed by atoms with Crippen molar-refractivity contribution in [1.29, 1.82) is 0 Å². The van der Waals surface area contributed by atoms with Crippen LogP contribution in [0.2, 0.25) is 0 Å². The second kappa shape index (κ2) is 8.54. The summed E-state index contributed by atoms with van der Waals surface area (Å²) < 4.78 is 18.7. The third-order valence-electron chi connectivity index (χ3n) is 5.86. The van der Waals surface area contributed by atoms with Gasteiger partial charge in [-0.1, -0.05) is 30.3 Å². The minimum absolute atomic E-state index is 0.217. The molecule has 0 aliphatic heterocycles. The molecule has 1 fully saturated rings. The highest BCUT2D eigenvalue weighted by Gasteiger charge is 2.27. The van der Waals surface area contributed by atoms with E-state index in [4.69, 9.17) is 9.72 Å². The van der Waals surface area contributed by atoms with Crippen molar-refractivity contribution in [3.63, 3.8) is 0 Å². The summed E-state index contributed by atoms with van der Waals surface area (Å²) in [7, 11) is 0. The summed E-state index contributed by atoms with van der Waals surface area (Å²) in [5, 5.41) is 3.56. The zero-order valence-electron chi connectivity index (χ0n) is 17.6. The van der Waals surface area contributed by atoms with Gasteiger partial charge in [0.1, 0.15) is 5.82 Å². The van der Waals surface area contributed by atoms with E-state index in [1.54, 1.807) is 12.1 Å². The van der Waals surface area contributed by atoms with E-state index >= 15 is 0 Å². The number of aromatic nitrogens is 1. The number of esters is 1. The number of ether oxygens (including phenoxy) is 1. The highest BCUT2D eigenvalue weighted by atomic mass is 19.1. The number of hydrogen-bond acceptors (Lipinski definition) is 4. The molecule has 0 spiro atoms. The fourth-order valence-electron chi connectivity index (χ4n) is 4.17. The molecular formula is C26H23FN2O3. The maximum absolute atomic E-state index is 13.3. The van der Waals surface area contributed by atoms with Gasteiger partial charge >= 0.3 is 5.97 Å². The number of para-hydroxylation sites is 1. The number of allylic oxidation sites excluding steroid dienone is 1. The lowest BCUT2D eigenvalue weighted by Gasteiger charge is -2.22.